The second kappa shape index (κ2) is 17.2. The van der Waals surface area contributed by atoms with Gasteiger partial charge in [0.2, 0.25) is 5.88 Å². The van der Waals surface area contributed by atoms with Crippen molar-refractivity contribution >= 4 is 38.7 Å². The molecule has 2 aromatic heterocycles. The van der Waals surface area contributed by atoms with Crippen molar-refractivity contribution in [2.24, 2.45) is 29.2 Å². The van der Waals surface area contributed by atoms with Crippen molar-refractivity contribution in [3.8, 4) is 11.6 Å². The summed E-state index contributed by atoms with van der Waals surface area (Å²) in [6.45, 7) is 3.99. The van der Waals surface area contributed by atoms with Crippen molar-refractivity contribution in [1.82, 2.24) is 14.8 Å². The summed E-state index contributed by atoms with van der Waals surface area (Å²) < 4.78 is 45.9. The highest BCUT2D eigenvalue weighted by Crippen LogP contribution is 2.47. The Labute approximate surface area is 351 Å². The van der Waals surface area contributed by atoms with Crippen LogP contribution in [0.4, 0.5) is 5.69 Å². The van der Waals surface area contributed by atoms with Crippen molar-refractivity contribution < 1.29 is 32.7 Å². The number of aromatic nitrogens is 3. The van der Waals surface area contributed by atoms with Gasteiger partial charge in [-0.25, -0.2) is 4.21 Å². The first-order chi connectivity index (χ1) is 28.5. The Balaban J connectivity index is 1.22. The molecule has 59 heavy (non-hydrogen) atoms. The number of amides is 1. The first kappa shape index (κ1) is 41.2. The molecule has 1 fully saturated rings. The molecule has 0 radical (unpaired) electrons. The van der Waals surface area contributed by atoms with Gasteiger partial charge in [0.1, 0.15) is 11.3 Å². The molecule has 4 aliphatic rings. The summed E-state index contributed by atoms with van der Waals surface area (Å²) in [5.41, 5.74) is 4.17. The van der Waals surface area contributed by atoms with Crippen LogP contribution in [0.5, 0.6) is 11.6 Å². The van der Waals surface area contributed by atoms with Gasteiger partial charge in [0.05, 0.1) is 59.4 Å². The minimum atomic E-state index is -3.56. The number of anilines is 1. The third-order valence-electron chi connectivity index (χ3n) is 12.5. The van der Waals surface area contributed by atoms with Crippen LogP contribution in [0.15, 0.2) is 83.5 Å². The Morgan fingerprint density at radius 1 is 1.08 bits per heavy atom. The zero-order valence-electron chi connectivity index (χ0n) is 34.1. The summed E-state index contributed by atoms with van der Waals surface area (Å²) in [6.07, 6.45) is 11.5. The zero-order chi connectivity index (χ0) is 41.3. The van der Waals surface area contributed by atoms with Gasteiger partial charge in [0.25, 0.3) is 5.91 Å². The molecule has 1 amide bonds. The lowest BCUT2D eigenvalue weighted by Gasteiger charge is -2.46. The molecule has 4 heterocycles. The Hall–Kier alpha value is -4.56. The van der Waals surface area contributed by atoms with E-state index < -0.39 is 39.2 Å². The van der Waals surface area contributed by atoms with Gasteiger partial charge in [-0.15, -0.1) is 5.10 Å². The number of carbonyl (C=O) groups is 2. The van der Waals surface area contributed by atoms with Crippen LogP contribution in [0.25, 0.3) is 0 Å². The van der Waals surface area contributed by atoms with Gasteiger partial charge in [0, 0.05) is 61.4 Å². The normalized spacial score (nSPS) is 28.6. The summed E-state index contributed by atoms with van der Waals surface area (Å²) in [5.74, 6) is -0.882. The van der Waals surface area contributed by atoms with Crippen LogP contribution in [0.2, 0.25) is 5.02 Å². The summed E-state index contributed by atoms with van der Waals surface area (Å²) in [4.78, 5) is 35.2. The number of pyridine rings is 1. The maximum Gasteiger partial charge on any atom is 0.285 e. The third-order valence-corrected chi connectivity index (χ3v) is 15.0. The number of ketones is 1. The summed E-state index contributed by atoms with van der Waals surface area (Å²) in [5, 5.41) is 4.95. The minimum absolute atomic E-state index is 0.0971. The molecule has 4 aromatic rings. The highest BCUT2D eigenvalue weighted by Gasteiger charge is 2.44. The zero-order valence-corrected chi connectivity index (χ0v) is 35.6. The van der Waals surface area contributed by atoms with E-state index in [4.69, 9.17) is 30.5 Å². The van der Waals surface area contributed by atoms with Crippen LogP contribution >= 0.6 is 11.6 Å². The van der Waals surface area contributed by atoms with Crippen molar-refractivity contribution in [3.63, 3.8) is 0 Å². The molecule has 2 aliphatic heterocycles. The molecular formula is C45H52ClN5O7S. The molecule has 8 rings (SSSR count). The Kier molecular flexibility index (Phi) is 12.0. The van der Waals surface area contributed by atoms with Crippen LogP contribution < -0.4 is 14.4 Å². The maximum atomic E-state index is 15.2. The molecule has 312 valence electrons. The molecule has 1 saturated carbocycles. The second-order valence-electron chi connectivity index (χ2n) is 16.6. The number of carbonyl (C=O) groups excluding carboxylic acids is 2. The average molecular weight is 842 g/mol. The molecular weight excluding hydrogens is 790 g/mol. The predicted octanol–water partition coefficient (Wildman–Crippen LogP) is 7.27. The molecule has 0 N–H and O–H groups in total. The summed E-state index contributed by atoms with van der Waals surface area (Å²) >= 11 is 6.50. The van der Waals surface area contributed by atoms with Crippen LogP contribution in [0, 0.1) is 17.8 Å². The number of hydrogen-bond acceptors (Lipinski definition) is 10. The minimum Gasteiger partial charge on any atom is -0.490 e. The second-order valence-corrected chi connectivity index (χ2v) is 19.4. The first-order valence-electron chi connectivity index (χ1n) is 20.4. The van der Waals surface area contributed by atoms with Gasteiger partial charge < -0.3 is 23.8 Å². The molecule has 1 spiro atoms. The standard InChI is InChI=1S/C45H52ClN5O7S/c1-29-25-59(54,26-39(52)36-23-50(2)48-44(36)56-4)49-43(53)31-11-15-42-38(21-31)51(27-45(28-58-42)18-7-8-30-20-33(46)12-14-37(30)45)22-32-10-13-35(32)41(55-3)17-16-40(29)57-24-34-9-5-6-19-47-34/h5-6,9,11-12,14-17,19-21,23,29,32,35,40-41H,7-8,10,13,18,22,24-28H2,1-4H3/b17-16+/t29-,32+,35-,40+,41+,45+,59-/m1/s1. The molecule has 14 heteroatoms. The summed E-state index contributed by atoms with van der Waals surface area (Å²) in [6, 6.07) is 17.2. The van der Waals surface area contributed by atoms with E-state index in [0.717, 1.165) is 55.1 Å². The van der Waals surface area contributed by atoms with Crippen LogP contribution in [-0.2, 0) is 44.7 Å². The van der Waals surface area contributed by atoms with Gasteiger partial charge in [-0.2, -0.15) is 4.36 Å². The summed E-state index contributed by atoms with van der Waals surface area (Å²) in [7, 11) is 1.28. The van der Waals surface area contributed by atoms with E-state index >= 15 is 4.21 Å². The molecule has 2 aliphatic carbocycles. The Bertz CT molecular complexity index is 2360. The van der Waals surface area contributed by atoms with Gasteiger partial charge >= 0.3 is 0 Å². The van der Waals surface area contributed by atoms with Crippen molar-refractivity contribution in [1.29, 1.82) is 0 Å². The first-order valence-corrected chi connectivity index (χ1v) is 22.6. The number of hydrogen-bond donors (Lipinski definition) is 0. The number of fused-ring (bicyclic) bond motifs is 4. The van der Waals surface area contributed by atoms with E-state index in [-0.39, 0.29) is 46.8 Å². The largest absolute Gasteiger partial charge is 0.490 e. The number of Topliss-reactive ketones (excluding diaryl/α,β-unsaturated/α-hetero) is 1. The van der Waals surface area contributed by atoms with Gasteiger partial charge in [-0.05, 0) is 103 Å². The number of aryl methyl sites for hydroxylation is 2. The number of methoxy groups -OCH3 is 2. The fraction of sp³-hybridized carbons (Fsp3) is 0.467. The fourth-order valence-corrected chi connectivity index (χ4v) is 11.8. The van der Waals surface area contributed by atoms with E-state index in [9.17, 15) is 9.59 Å². The van der Waals surface area contributed by atoms with E-state index in [1.807, 2.05) is 49.4 Å². The lowest BCUT2D eigenvalue weighted by molar-refractivity contribution is 0.00989. The Morgan fingerprint density at radius 3 is 2.69 bits per heavy atom. The van der Waals surface area contributed by atoms with Gasteiger partial charge in [-0.3, -0.25) is 19.3 Å². The van der Waals surface area contributed by atoms with Crippen molar-refractivity contribution in [3.05, 3.63) is 112 Å². The Morgan fingerprint density at radius 2 is 1.93 bits per heavy atom. The quantitative estimate of drug-likeness (QED) is 0.132. The molecule has 0 unspecified atom stereocenters. The molecule has 12 nitrogen and oxygen atoms in total. The van der Waals surface area contributed by atoms with Gasteiger partial charge in [0.15, 0.2) is 5.78 Å². The van der Waals surface area contributed by atoms with Crippen LogP contribution in [-0.4, -0.2) is 88.3 Å². The number of benzene rings is 2. The number of nitrogens with zero attached hydrogens (tertiary/aromatic N) is 5. The fourth-order valence-electron chi connectivity index (χ4n) is 9.40. The lowest BCUT2D eigenvalue weighted by Crippen LogP contribution is -2.49. The predicted molar refractivity (Wildman–Crippen MR) is 227 cm³/mol. The average Bonchev–Trinajstić information content (AvgIpc) is 3.53. The van der Waals surface area contributed by atoms with Gasteiger partial charge in [-0.1, -0.05) is 42.8 Å². The number of ether oxygens (including phenoxy) is 4. The van der Waals surface area contributed by atoms with E-state index in [2.05, 4.69) is 37.6 Å². The van der Waals surface area contributed by atoms with Crippen molar-refractivity contribution in [2.75, 3.05) is 50.3 Å². The van der Waals surface area contributed by atoms with E-state index in [0.29, 0.717) is 24.8 Å². The SMILES string of the molecule is COc1nn(C)cc1C(=O)C[S@@]1(=O)=NC(=O)c2ccc3c(c2)N(C[C@@H]2CC[C@H]2[C@@H](OC)/C=C/[C@H](OCc2ccccn2)[C@H](C)C1)C[C@@]1(CCCc2cc(Cl)ccc21)CO3. The topological polar surface area (TPSA) is 134 Å². The highest BCUT2D eigenvalue weighted by molar-refractivity contribution is 7.94. The maximum absolute atomic E-state index is 15.2. The smallest absolute Gasteiger partial charge is 0.285 e. The van der Waals surface area contributed by atoms with E-state index in [1.165, 1.54) is 29.1 Å². The number of halogens is 1. The van der Waals surface area contributed by atoms with Crippen molar-refractivity contribution in [2.45, 2.75) is 63.3 Å². The van der Waals surface area contributed by atoms with E-state index in [1.54, 1.807) is 26.4 Å². The third kappa shape index (κ3) is 8.71. The monoisotopic (exact) mass is 841 g/mol. The highest BCUT2D eigenvalue weighted by atomic mass is 35.5. The molecule has 2 aromatic carbocycles. The van der Waals surface area contributed by atoms with Crippen LogP contribution in [0.3, 0.4) is 0 Å². The molecule has 0 saturated heterocycles. The molecule has 7 atom stereocenters. The number of rotatable bonds is 8. The lowest BCUT2D eigenvalue weighted by atomic mass is 9.68. The molecule has 2 bridgehead atoms. The van der Waals surface area contributed by atoms with Crippen LogP contribution in [0.1, 0.15) is 70.1 Å².